The van der Waals surface area contributed by atoms with E-state index in [4.69, 9.17) is 9.57 Å². The van der Waals surface area contributed by atoms with E-state index >= 15 is 0 Å². The van der Waals surface area contributed by atoms with Gasteiger partial charge in [-0.15, -0.1) is 0 Å². The molecule has 1 aromatic heterocycles. The molecule has 0 N–H and O–H groups in total. The SMILES string of the molecule is COCCn1c2ccc(C(=O)c3ccccc3C)cc2c2cc(/C(C)=N/OC(C)=O)ccc21. The Morgan fingerprint density at radius 1 is 0.909 bits per heavy atom. The summed E-state index contributed by atoms with van der Waals surface area (Å²) in [7, 11) is 1.68. The van der Waals surface area contributed by atoms with Crippen LogP contribution >= 0.6 is 0 Å². The zero-order chi connectivity index (χ0) is 23.5. The first-order chi connectivity index (χ1) is 15.9. The molecule has 0 amide bonds. The molecular formula is C27H26N2O4. The predicted molar refractivity (Wildman–Crippen MR) is 130 cm³/mol. The number of aromatic nitrogens is 1. The summed E-state index contributed by atoms with van der Waals surface area (Å²) < 4.78 is 7.51. The molecule has 0 saturated heterocycles. The Balaban J connectivity index is 1.89. The number of benzene rings is 3. The number of carbonyl (C=O) groups is 2. The summed E-state index contributed by atoms with van der Waals surface area (Å²) in [6.07, 6.45) is 0. The predicted octanol–water partition coefficient (Wildman–Crippen LogP) is 5.27. The van der Waals surface area contributed by atoms with E-state index in [1.165, 1.54) is 6.92 Å². The number of hydrogen-bond acceptors (Lipinski definition) is 5. The molecule has 0 aliphatic heterocycles. The molecule has 0 radical (unpaired) electrons. The highest BCUT2D eigenvalue weighted by molar-refractivity contribution is 6.16. The van der Waals surface area contributed by atoms with Gasteiger partial charge in [0.2, 0.25) is 0 Å². The molecule has 3 aromatic carbocycles. The molecule has 0 aliphatic rings. The van der Waals surface area contributed by atoms with E-state index in [1.807, 2.05) is 67.6 Å². The lowest BCUT2D eigenvalue weighted by atomic mass is 9.97. The maximum atomic E-state index is 13.3. The molecule has 0 spiro atoms. The van der Waals surface area contributed by atoms with E-state index in [-0.39, 0.29) is 5.78 Å². The van der Waals surface area contributed by atoms with Gasteiger partial charge in [-0.1, -0.05) is 35.5 Å². The number of aryl methyl sites for hydroxylation is 1. The molecule has 0 fully saturated rings. The van der Waals surface area contributed by atoms with Crippen LogP contribution in [0.1, 0.15) is 40.9 Å². The minimum Gasteiger partial charge on any atom is -0.383 e. The summed E-state index contributed by atoms with van der Waals surface area (Å²) >= 11 is 0. The average Bonchev–Trinajstić information content (AvgIpc) is 3.13. The Kier molecular flexibility index (Phi) is 6.38. The van der Waals surface area contributed by atoms with Crippen LogP contribution in [0, 0.1) is 6.92 Å². The number of fused-ring (bicyclic) bond motifs is 3. The summed E-state index contributed by atoms with van der Waals surface area (Å²) in [6.45, 7) is 6.30. The normalized spacial score (nSPS) is 11.8. The maximum absolute atomic E-state index is 13.3. The number of ether oxygens (including phenoxy) is 1. The van der Waals surface area contributed by atoms with Gasteiger partial charge in [-0.25, -0.2) is 4.79 Å². The molecule has 0 atom stereocenters. The number of ketones is 1. The molecule has 168 valence electrons. The number of oxime groups is 1. The average molecular weight is 443 g/mol. The number of rotatable bonds is 7. The summed E-state index contributed by atoms with van der Waals surface area (Å²) in [5, 5.41) is 5.89. The van der Waals surface area contributed by atoms with Crippen LogP contribution in [0.3, 0.4) is 0 Å². The van der Waals surface area contributed by atoms with E-state index < -0.39 is 5.97 Å². The molecule has 0 bridgehead atoms. The van der Waals surface area contributed by atoms with Gasteiger partial charge in [-0.05, 0) is 55.3 Å². The van der Waals surface area contributed by atoms with Crippen LogP contribution < -0.4 is 0 Å². The molecule has 33 heavy (non-hydrogen) atoms. The summed E-state index contributed by atoms with van der Waals surface area (Å²) in [5.74, 6) is -0.470. The van der Waals surface area contributed by atoms with Gasteiger partial charge in [0, 0.05) is 53.5 Å². The smallest absolute Gasteiger partial charge is 0.331 e. The van der Waals surface area contributed by atoms with Crippen molar-refractivity contribution >= 4 is 39.3 Å². The van der Waals surface area contributed by atoms with Crippen LogP contribution in [0.2, 0.25) is 0 Å². The van der Waals surface area contributed by atoms with Crippen molar-refractivity contribution in [2.24, 2.45) is 5.16 Å². The first-order valence-corrected chi connectivity index (χ1v) is 10.8. The third kappa shape index (κ3) is 4.43. The van der Waals surface area contributed by atoms with Crippen molar-refractivity contribution < 1.29 is 19.2 Å². The number of nitrogens with zero attached hydrogens (tertiary/aromatic N) is 2. The standard InChI is InChI=1S/C27H26N2O4/c1-17-7-5-6-8-22(17)27(31)21-10-12-26-24(16-21)23-15-20(18(2)28-33-19(3)30)9-11-25(23)29(26)13-14-32-4/h5-12,15-16H,13-14H2,1-4H3/b28-18+. The highest BCUT2D eigenvalue weighted by atomic mass is 16.7. The van der Waals surface area contributed by atoms with Gasteiger partial charge in [0.15, 0.2) is 5.78 Å². The molecule has 0 saturated carbocycles. The Bertz CT molecular complexity index is 1400. The highest BCUT2D eigenvalue weighted by Crippen LogP contribution is 2.31. The quantitative estimate of drug-likeness (QED) is 0.169. The van der Waals surface area contributed by atoms with Crippen molar-refractivity contribution in [1.29, 1.82) is 0 Å². The van der Waals surface area contributed by atoms with Gasteiger partial charge in [-0.3, -0.25) is 4.79 Å². The van der Waals surface area contributed by atoms with Crippen molar-refractivity contribution in [2.75, 3.05) is 13.7 Å². The Hall–Kier alpha value is -3.77. The van der Waals surface area contributed by atoms with E-state index in [0.717, 1.165) is 32.9 Å². The number of carbonyl (C=O) groups excluding carboxylic acids is 2. The number of methoxy groups -OCH3 is 1. The summed E-state index contributed by atoms with van der Waals surface area (Å²) in [5.41, 5.74) is 5.77. The second-order valence-corrected chi connectivity index (χ2v) is 8.01. The summed E-state index contributed by atoms with van der Waals surface area (Å²) in [6, 6.07) is 19.4. The second kappa shape index (κ2) is 9.38. The first kappa shape index (κ1) is 22.4. The van der Waals surface area contributed by atoms with E-state index in [9.17, 15) is 9.59 Å². The van der Waals surface area contributed by atoms with Crippen molar-refractivity contribution in [3.8, 4) is 0 Å². The topological polar surface area (TPSA) is 69.9 Å². The molecule has 6 nitrogen and oxygen atoms in total. The zero-order valence-electron chi connectivity index (χ0n) is 19.2. The fraction of sp³-hybridized carbons (Fsp3) is 0.222. The van der Waals surface area contributed by atoms with Gasteiger partial charge >= 0.3 is 5.97 Å². The Morgan fingerprint density at radius 3 is 2.18 bits per heavy atom. The van der Waals surface area contributed by atoms with Crippen LogP contribution in [0.4, 0.5) is 0 Å². The third-order valence-corrected chi connectivity index (χ3v) is 5.76. The third-order valence-electron chi connectivity index (χ3n) is 5.76. The van der Waals surface area contributed by atoms with Gasteiger partial charge in [0.05, 0.1) is 12.3 Å². The fourth-order valence-corrected chi connectivity index (χ4v) is 4.06. The van der Waals surface area contributed by atoms with E-state index in [1.54, 1.807) is 14.0 Å². The van der Waals surface area contributed by atoms with E-state index in [0.29, 0.717) is 30.0 Å². The molecule has 0 aliphatic carbocycles. The maximum Gasteiger partial charge on any atom is 0.331 e. The molecule has 6 heteroatoms. The molecule has 4 aromatic rings. The minimum atomic E-state index is -0.467. The minimum absolute atomic E-state index is 0.00320. The van der Waals surface area contributed by atoms with Crippen molar-refractivity contribution in [3.63, 3.8) is 0 Å². The first-order valence-electron chi connectivity index (χ1n) is 10.8. The van der Waals surface area contributed by atoms with Crippen LogP contribution in [-0.2, 0) is 20.9 Å². The lowest BCUT2D eigenvalue weighted by Crippen LogP contribution is -2.05. The van der Waals surface area contributed by atoms with Crippen molar-refractivity contribution in [3.05, 3.63) is 82.9 Å². The fourth-order valence-electron chi connectivity index (χ4n) is 4.06. The van der Waals surface area contributed by atoms with Gasteiger partial charge in [0.25, 0.3) is 0 Å². The summed E-state index contributed by atoms with van der Waals surface area (Å²) in [4.78, 5) is 29.2. The van der Waals surface area contributed by atoms with Crippen LogP contribution in [0.15, 0.2) is 65.8 Å². The number of hydrogen-bond donors (Lipinski definition) is 0. The molecular weight excluding hydrogens is 416 g/mol. The largest absolute Gasteiger partial charge is 0.383 e. The molecule has 0 unspecified atom stereocenters. The molecule has 1 heterocycles. The molecule has 4 rings (SSSR count). The Morgan fingerprint density at radius 2 is 1.55 bits per heavy atom. The lowest BCUT2D eigenvalue weighted by Gasteiger charge is -2.08. The highest BCUT2D eigenvalue weighted by Gasteiger charge is 2.17. The monoisotopic (exact) mass is 442 g/mol. The van der Waals surface area contributed by atoms with Gasteiger partial charge in [-0.2, -0.15) is 0 Å². The van der Waals surface area contributed by atoms with Crippen LogP contribution in [-0.4, -0.2) is 35.7 Å². The second-order valence-electron chi connectivity index (χ2n) is 8.01. The van der Waals surface area contributed by atoms with Crippen LogP contribution in [0.25, 0.3) is 21.8 Å². The lowest BCUT2D eigenvalue weighted by molar-refractivity contribution is -0.140. The van der Waals surface area contributed by atoms with Crippen molar-refractivity contribution in [2.45, 2.75) is 27.3 Å². The van der Waals surface area contributed by atoms with Crippen LogP contribution in [0.5, 0.6) is 0 Å². The van der Waals surface area contributed by atoms with Gasteiger partial charge in [0.1, 0.15) is 0 Å². The zero-order valence-corrected chi connectivity index (χ0v) is 19.2. The van der Waals surface area contributed by atoms with Gasteiger partial charge < -0.3 is 14.1 Å². The van der Waals surface area contributed by atoms with Crippen molar-refractivity contribution in [1.82, 2.24) is 4.57 Å². The Labute approximate surface area is 192 Å². The van der Waals surface area contributed by atoms with E-state index in [2.05, 4.69) is 9.72 Å².